The van der Waals surface area contributed by atoms with Crippen molar-refractivity contribution in [3.63, 3.8) is 0 Å². The van der Waals surface area contributed by atoms with E-state index in [0.717, 1.165) is 24.8 Å². The first-order chi connectivity index (χ1) is 11.0. The van der Waals surface area contributed by atoms with E-state index in [1.165, 1.54) is 0 Å². The number of carbonyl (C=O) groups excluding carboxylic acids is 1. The Kier molecular flexibility index (Phi) is 3.99. The van der Waals surface area contributed by atoms with Crippen LogP contribution in [0.3, 0.4) is 0 Å². The number of aliphatic hydroxyl groups is 1. The lowest BCUT2D eigenvalue weighted by Crippen LogP contribution is -2.57. The van der Waals surface area contributed by atoms with E-state index in [1.807, 2.05) is 26.8 Å². The van der Waals surface area contributed by atoms with Gasteiger partial charge in [-0.25, -0.2) is 0 Å². The highest BCUT2D eigenvalue weighted by Crippen LogP contribution is 2.62. The van der Waals surface area contributed by atoms with Gasteiger partial charge in [-0.3, -0.25) is 9.59 Å². The maximum Gasteiger partial charge on any atom is 0.309 e. The fourth-order valence-corrected chi connectivity index (χ4v) is 5.74. The second-order valence-corrected chi connectivity index (χ2v) is 9.10. The van der Waals surface area contributed by atoms with Gasteiger partial charge in [-0.15, -0.1) is 0 Å². The molecule has 0 bridgehead atoms. The van der Waals surface area contributed by atoms with Crippen LogP contribution in [0.4, 0.5) is 0 Å². The third-order valence-electron chi connectivity index (χ3n) is 7.59. The van der Waals surface area contributed by atoms with Crippen LogP contribution in [0.15, 0.2) is 11.6 Å². The van der Waals surface area contributed by atoms with Crippen LogP contribution in [-0.4, -0.2) is 27.6 Å². The summed E-state index contributed by atoms with van der Waals surface area (Å²) in [7, 11) is 0. The van der Waals surface area contributed by atoms with Crippen LogP contribution in [0.1, 0.15) is 66.2 Å². The molecular formula is C20H30O4. The van der Waals surface area contributed by atoms with Gasteiger partial charge in [0, 0.05) is 6.42 Å². The first kappa shape index (κ1) is 17.7. The lowest BCUT2D eigenvalue weighted by molar-refractivity contribution is -0.166. The summed E-state index contributed by atoms with van der Waals surface area (Å²) in [4.78, 5) is 24.8. The Balaban J connectivity index is 2.05. The predicted octanol–water partition coefficient (Wildman–Crippen LogP) is 3.58. The van der Waals surface area contributed by atoms with E-state index >= 15 is 0 Å². The summed E-state index contributed by atoms with van der Waals surface area (Å²) in [6.07, 6.45) is 6.06. The second kappa shape index (κ2) is 5.42. The van der Waals surface area contributed by atoms with Gasteiger partial charge >= 0.3 is 5.97 Å². The standard InChI is InChI=1S/C20H30O4/c1-12(2)20(24)9-6-14-13(11-20)15(21)10-16-18(14,3)7-5-8-19(16,4)17(22)23/h11-12,14,16,24H,5-10H2,1-4H3,(H,22,23)/t14-,16+,18+,19+,20-/m0/s1. The number of carbonyl (C=O) groups is 2. The molecular weight excluding hydrogens is 304 g/mol. The number of allylic oxidation sites excluding steroid dienone is 1. The van der Waals surface area contributed by atoms with Gasteiger partial charge in [0.05, 0.1) is 11.0 Å². The van der Waals surface area contributed by atoms with Crippen molar-refractivity contribution in [3.05, 3.63) is 11.6 Å². The smallest absolute Gasteiger partial charge is 0.309 e. The summed E-state index contributed by atoms with van der Waals surface area (Å²) in [5.41, 5.74) is -1.12. The Morgan fingerprint density at radius 2 is 1.92 bits per heavy atom. The van der Waals surface area contributed by atoms with Crippen molar-refractivity contribution < 1.29 is 19.8 Å². The van der Waals surface area contributed by atoms with Gasteiger partial charge in [-0.2, -0.15) is 0 Å². The van der Waals surface area contributed by atoms with Crippen LogP contribution < -0.4 is 0 Å². The highest BCUT2D eigenvalue weighted by atomic mass is 16.4. The van der Waals surface area contributed by atoms with Crippen LogP contribution in [0, 0.1) is 28.6 Å². The molecule has 0 radical (unpaired) electrons. The van der Waals surface area contributed by atoms with Crippen LogP contribution >= 0.6 is 0 Å². The number of carboxylic acid groups (broad SMARTS) is 1. The molecule has 2 fully saturated rings. The average Bonchev–Trinajstić information content (AvgIpc) is 2.49. The molecule has 0 aromatic carbocycles. The Hall–Kier alpha value is -1.16. The predicted molar refractivity (Wildman–Crippen MR) is 91.4 cm³/mol. The van der Waals surface area contributed by atoms with Gasteiger partial charge in [0.2, 0.25) is 0 Å². The number of ketones is 1. The van der Waals surface area contributed by atoms with Crippen molar-refractivity contribution in [1.29, 1.82) is 0 Å². The van der Waals surface area contributed by atoms with Gasteiger partial charge in [-0.05, 0) is 67.4 Å². The van der Waals surface area contributed by atoms with E-state index in [1.54, 1.807) is 0 Å². The summed E-state index contributed by atoms with van der Waals surface area (Å²) in [5.74, 6) is -0.679. The molecule has 4 nitrogen and oxygen atoms in total. The van der Waals surface area contributed by atoms with Crippen LogP contribution in [0.2, 0.25) is 0 Å². The maximum absolute atomic E-state index is 12.9. The van der Waals surface area contributed by atoms with Crippen molar-refractivity contribution in [1.82, 2.24) is 0 Å². The molecule has 4 heteroatoms. The van der Waals surface area contributed by atoms with Crippen LogP contribution in [0.25, 0.3) is 0 Å². The minimum Gasteiger partial charge on any atom is -0.481 e. The van der Waals surface area contributed by atoms with E-state index in [4.69, 9.17) is 0 Å². The minimum atomic E-state index is -0.907. The zero-order valence-corrected chi connectivity index (χ0v) is 15.3. The van der Waals surface area contributed by atoms with Gasteiger partial charge in [0.15, 0.2) is 5.78 Å². The molecule has 24 heavy (non-hydrogen) atoms. The van der Waals surface area contributed by atoms with Crippen LogP contribution in [0.5, 0.6) is 0 Å². The first-order valence-corrected chi connectivity index (χ1v) is 9.26. The normalized spacial score (nSPS) is 45.4. The number of hydrogen-bond donors (Lipinski definition) is 2. The zero-order valence-electron chi connectivity index (χ0n) is 15.3. The summed E-state index contributed by atoms with van der Waals surface area (Å²) in [6, 6.07) is 0. The number of aliphatic carboxylic acids is 1. The summed E-state index contributed by atoms with van der Waals surface area (Å²) in [6.45, 7) is 7.98. The zero-order chi connectivity index (χ0) is 17.9. The van der Waals surface area contributed by atoms with Crippen LogP contribution in [-0.2, 0) is 9.59 Å². The van der Waals surface area contributed by atoms with Crippen molar-refractivity contribution in [2.24, 2.45) is 28.6 Å². The van der Waals surface area contributed by atoms with Gasteiger partial charge in [-0.1, -0.05) is 27.2 Å². The molecule has 3 aliphatic carbocycles. The molecule has 0 aromatic heterocycles. The maximum atomic E-state index is 12.9. The Bertz CT molecular complexity index is 607. The van der Waals surface area contributed by atoms with Gasteiger partial charge in [0.25, 0.3) is 0 Å². The third-order valence-corrected chi connectivity index (χ3v) is 7.59. The number of carboxylic acids is 1. The molecule has 0 amide bonds. The minimum absolute atomic E-state index is 0.0515. The van der Waals surface area contributed by atoms with Crippen molar-refractivity contribution >= 4 is 11.8 Å². The topological polar surface area (TPSA) is 74.6 Å². The van der Waals surface area contributed by atoms with E-state index in [0.29, 0.717) is 19.3 Å². The second-order valence-electron chi connectivity index (χ2n) is 9.10. The molecule has 0 saturated heterocycles. The monoisotopic (exact) mass is 334 g/mol. The lowest BCUT2D eigenvalue weighted by atomic mass is 9.45. The van der Waals surface area contributed by atoms with Gasteiger partial charge < -0.3 is 10.2 Å². The van der Waals surface area contributed by atoms with E-state index in [9.17, 15) is 19.8 Å². The molecule has 0 spiro atoms. The highest BCUT2D eigenvalue weighted by molar-refractivity contribution is 5.98. The Morgan fingerprint density at radius 3 is 2.50 bits per heavy atom. The summed E-state index contributed by atoms with van der Waals surface area (Å²) in [5, 5.41) is 20.7. The average molecular weight is 334 g/mol. The van der Waals surface area contributed by atoms with E-state index in [2.05, 4.69) is 6.92 Å². The fourth-order valence-electron chi connectivity index (χ4n) is 5.74. The molecule has 5 atom stereocenters. The first-order valence-electron chi connectivity index (χ1n) is 9.26. The Labute approximate surface area is 144 Å². The number of fused-ring (bicyclic) bond motifs is 3. The molecule has 2 N–H and O–H groups in total. The largest absolute Gasteiger partial charge is 0.481 e. The van der Waals surface area contributed by atoms with Gasteiger partial charge in [0.1, 0.15) is 0 Å². The molecule has 3 aliphatic rings. The highest BCUT2D eigenvalue weighted by Gasteiger charge is 2.60. The molecule has 0 aliphatic heterocycles. The molecule has 134 valence electrons. The summed E-state index contributed by atoms with van der Waals surface area (Å²) >= 11 is 0. The number of rotatable bonds is 2. The van der Waals surface area contributed by atoms with E-state index < -0.39 is 17.0 Å². The Morgan fingerprint density at radius 1 is 1.25 bits per heavy atom. The molecule has 3 rings (SSSR count). The van der Waals surface area contributed by atoms with Crippen molar-refractivity contribution in [2.75, 3.05) is 0 Å². The SMILES string of the molecule is CC(C)[C@@]1(O)C=C2C(=O)C[C@@H]3[C@](C)(CCC[C@@]3(C)C(=O)O)[C@H]2CC1. The number of hydrogen-bond acceptors (Lipinski definition) is 3. The lowest BCUT2D eigenvalue weighted by Gasteiger charge is -2.58. The molecule has 0 aromatic rings. The quantitative estimate of drug-likeness (QED) is 0.809. The fraction of sp³-hybridized carbons (Fsp3) is 0.800. The van der Waals surface area contributed by atoms with Crippen molar-refractivity contribution in [2.45, 2.75) is 71.8 Å². The molecule has 0 heterocycles. The molecule has 2 saturated carbocycles. The third kappa shape index (κ3) is 2.29. The van der Waals surface area contributed by atoms with E-state index in [-0.39, 0.29) is 29.0 Å². The number of Topliss-reactive ketones (excluding diaryl/α,β-unsaturated/α-hetero) is 1. The molecule has 0 unspecified atom stereocenters. The summed E-state index contributed by atoms with van der Waals surface area (Å²) < 4.78 is 0. The van der Waals surface area contributed by atoms with Crippen molar-refractivity contribution in [3.8, 4) is 0 Å².